The van der Waals surface area contributed by atoms with Crippen LogP contribution in [-0.4, -0.2) is 36.0 Å². The van der Waals surface area contributed by atoms with Crippen LogP contribution in [-0.2, 0) is 4.79 Å². The summed E-state index contributed by atoms with van der Waals surface area (Å²) in [6.07, 6.45) is 3.27. The highest BCUT2D eigenvalue weighted by Gasteiger charge is 2.28. The predicted octanol–water partition coefficient (Wildman–Crippen LogP) is 5.12. The summed E-state index contributed by atoms with van der Waals surface area (Å²) in [5.74, 6) is 0.521. The molecule has 146 valence electrons. The van der Waals surface area contributed by atoms with Gasteiger partial charge in [-0.05, 0) is 49.7 Å². The minimum atomic E-state index is -0.0754. The zero-order valence-electron chi connectivity index (χ0n) is 15.7. The third kappa shape index (κ3) is 4.14. The average molecular weight is 416 g/mol. The number of carbonyl (C=O) groups is 1. The van der Waals surface area contributed by atoms with Gasteiger partial charge in [0, 0.05) is 5.02 Å². The molecule has 0 aliphatic carbocycles. The second-order valence-electron chi connectivity index (χ2n) is 6.89. The lowest BCUT2D eigenvalue weighted by Gasteiger charge is -2.33. The Balaban J connectivity index is 1.50. The van der Waals surface area contributed by atoms with E-state index in [0.717, 1.165) is 36.3 Å². The molecule has 0 saturated carbocycles. The zero-order chi connectivity index (χ0) is 19.5. The topological polar surface area (TPSA) is 54.5 Å². The number of piperidine rings is 1. The summed E-state index contributed by atoms with van der Waals surface area (Å²) >= 11 is 7.79. The summed E-state index contributed by atoms with van der Waals surface area (Å²) in [6, 6.07) is 13.6. The standard InChI is InChI=1S/C21H22ClN3O2S/c1-27-18-10-9-14(22)12-16(18)23-20(26)13-25-11-5-4-7-17(25)21-24-15-6-2-3-8-19(15)28-21/h2-3,6,8-10,12,17H,4-5,7,11,13H2,1H3,(H,23,26)/t17-/m1/s1. The molecule has 1 atom stereocenters. The van der Waals surface area contributed by atoms with Crippen molar-refractivity contribution in [3.05, 3.63) is 52.5 Å². The number of anilines is 1. The molecule has 0 bridgehead atoms. The van der Waals surface area contributed by atoms with E-state index in [1.807, 2.05) is 18.2 Å². The summed E-state index contributed by atoms with van der Waals surface area (Å²) in [7, 11) is 1.58. The fraction of sp³-hybridized carbons (Fsp3) is 0.333. The van der Waals surface area contributed by atoms with Crippen molar-refractivity contribution in [2.75, 3.05) is 25.5 Å². The highest BCUT2D eigenvalue weighted by atomic mass is 35.5. The van der Waals surface area contributed by atoms with Crippen LogP contribution >= 0.6 is 22.9 Å². The predicted molar refractivity (Wildman–Crippen MR) is 114 cm³/mol. The van der Waals surface area contributed by atoms with Crippen molar-refractivity contribution in [3.63, 3.8) is 0 Å². The molecule has 1 aliphatic heterocycles. The number of ether oxygens (including phenoxy) is 1. The maximum absolute atomic E-state index is 12.7. The van der Waals surface area contributed by atoms with Gasteiger partial charge >= 0.3 is 0 Å². The molecule has 3 aromatic rings. The molecule has 2 aromatic carbocycles. The Morgan fingerprint density at radius 3 is 3.00 bits per heavy atom. The van der Waals surface area contributed by atoms with Gasteiger partial charge in [0.2, 0.25) is 5.91 Å². The molecule has 0 unspecified atom stereocenters. The third-order valence-corrected chi connectivity index (χ3v) is 6.36. The van der Waals surface area contributed by atoms with Crippen molar-refractivity contribution < 1.29 is 9.53 Å². The van der Waals surface area contributed by atoms with Gasteiger partial charge in [-0.25, -0.2) is 4.98 Å². The zero-order valence-corrected chi connectivity index (χ0v) is 17.2. The lowest BCUT2D eigenvalue weighted by atomic mass is 10.0. The summed E-state index contributed by atoms with van der Waals surface area (Å²) in [5.41, 5.74) is 1.62. The first kappa shape index (κ1) is 19.2. The van der Waals surface area contributed by atoms with E-state index in [-0.39, 0.29) is 11.9 Å². The van der Waals surface area contributed by atoms with Crippen molar-refractivity contribution in [1.29, 1.82) is 0 Å². The second-order valence-corrected chi connectivity index (χ2v) is 8.39. The number of benzene rings is 2. The summed E-state index contributed by atoms with van der Waals surface area (Å²) < 4.78 is 6.51. The summed E-state index contributed by atoms with van der Waals surface area (Å²) in [5, 5.41) is 4.59. The van der Waals surface area contributed by atoms with Gasteiger partial charge in [-0.15, -0.1) is 11.3 Å². The van der Waals surface area contributed by atoms with Crippen LogP contribution in [0.5, 0.6) is 5.75 Å². The van der Waals surface area contributed by atoms with Crippen LogP contribution < -0.4 is 10.1 Å². The van der Waals surface area contributed by atoms with E-state index in [4.69, 9.17) is 21.3 Å². The molecular formula is C21H22ClN3O2S. The number of para-hydroxylation sites is 1. The number of halogens is 1. The first-order valence-electron chi connectivity index (χ1n) is 9.37. The number of amides is 1. The Bertz CT molecular complexity index is 958. The molecular weight excluding hydrogens is 394 g/mol. The molecule has 4 rings (SSSR count). The molecule has 28 heavy (non-hydrogen) atoms. The van der Waals surface area contributed by atoms with Gasteiger partial charge in [0.15, 0.2) is 0 Å². The van der Waals surface area contributed by atoms with Crippen LogP contribution in [0.2, 0.25) is 5.02 Å². The summed E-state index contributed by atoms with van der Waals surface area (Å²) in [4.78, 5) is 19.8. The Kier molecular flexibility index (Phi) is 5.80. The largest absolute Gasteiger partial charge is 0.495 e. The maximum atomic E-state index is 12.7. The van der Waals surface area contributed by atoms with Crippen LogP contribution in [0.3, 0.4) is 0 Å². The number of nitrogens with zero attached hydrogens (tertiary/aromatic N) is 2. The highest BCUT2D eigenvalue weighted by Crippen LogP contribution is 2.35. The van der Waals surface area contributed by atoms with Gasteiger partial charge in [-0.2, -0.15) is 0 Å². The smallest absolute Gasteiger partial charge is 0.238 e. The van der Waals surface area contributed by atoms with Crippen LogP contribution in [0.15, 0.2) is 42.5 Å². The Labute approximate surface area is 173 Å². The molecule has 1 fully saturated rings. The van der Waals surface area contributed by atoms with Crippen molar-refractivity contribution in [2.45, 2.75) is 25.3 Å². The molecule has 1 aromatic heterocycles. The number of thiazole rings is 1. The Morgan fingerprint density at radius 1 is 1.32 bits per heavy atom. The number of hydrogen-bond donors (Lipinski definition) is 1. The van der Waals surface area contributed by atoms with E-state index in [1.54, 1.807) is 36.6 Å². The van der Waals surface area contributed by atoms with E-state index in [2.05, 4.69) is 16.3 Å². The van der Waals surface area contributed by atoms with E-state index >= 15 is 0 Å². The van der Waals surface area contributed by atoms with E-state index in [1.165, 1.54) is 4.70 Å². The monoisotopic (exact) mass is 415 g/mol. The van der Waals surface area contributed by atoms with E-state index in [9.17, 15) is 4.79 Å². The van der Waals surface area contributed by atoms with Crippen molar-refractivity contribution in [1.82, 2.24) is 9.88 Å². The van der Waals surface area contributed by atoms with E-state index in [0.29, 0.717) is 23.0 Å². The van der Waals surface area contributed by atoms with Gasteiger partial charge in [-0.3, -0.25) is 9.69 Å². The first-order valence-corrected chi connectivity index (χ1v) is 10.6. The molecule has 1 amide bonds. The van der Waals surface area contributed by atoms with Gasteiger partial charge < -0.3 is 10.1 Å². The molecule has 5 nitrogen and oxygen atoms in total. The number of carbonyl (C=O) groups excluding carboxylic acids is 1. The van der Waals surface area contributed by atoms with Crippen LogP contribution in [0.1, 0.15) is 30.3 Å². The molecule has 1 aliphatic rings. The number of hydrogen-bond acceptors (Lipinski definition) is 5. The number of fused-ring (bicyclic) bond motifs is 1. The number of rotatable bonds is 5. The molecule has 0 radical (unpaired) electrons. The van der Waals surface area contributed by atoms with Crippen molar-refractivity contribution >= 4 is 44.7 Å². The first-order chi connectivity index (χ1) is 13.6. The maximum Gasteiger partial charge on any atom is 0.238 e. The number of aromatic nitrogens is 1. The second kappa shape index (κ2) is 8.47. The average Bonchev–Trinajstić information content (AvgIpc) is 3.12. The SMILES string of the molecule is COc1ccc(Cl)cc1NC(=O)CN1CCCC[C@@H]1c1nc2ccccc2s1. The van der Waals surface area contributed by atoms with Gasteiger partial charge in [0.05, 0.1) is 35.6 Å². The van der Waals surface area contributed by atoms with Crippen molar-refractivity contribution in [3.8, 4) is 5.75 Å². The quantitative estimate of drug-likeness (QED) is 0.628. The third-order valence-electron chi connectivity index (χ3n) is 4.99. The lowest BCUT2D eigenvalue weighted by Crippen LogP contribution is -2.39. The molecule has 0 spiro atoms. The Hall–Kier alpha value is -2.15. The summed E-state index contributed by atoms with van der Waals surface area (Å²) in [6.45, 7) is 1.21. The fourth-order valence-electron chi connectivity index (χ4n) is 3.64. The van der Waals surface area contributed by atoms with Crippen LogP contribution in [0, 0.1) is 0 Å². The number of nitrogens with one attached hydrogen (secondary N) is 1. The number of methoxy groups -OCH3 is 1. The lowest BCUT2D eigenvalue weighted by molar-refractivity contribution is -0.118. The van der Waals surface area contributed by atoms with Gasteiger partial charge in [0.1, 0.15) is 10.8 Å². The molecule has 7 heteroatoms. The fourth-order valence-corrected chi connectivity index (χ4v) is 4.95. The minimum absolute atomic E-state index is 0.0754. The van der Waals surface area contributed by atoms with Gasteiger partial charge in [0.25, 0.3) is 0 Å². The molecule has 1 N–H and O–H groups in total. The molecule has 2 heterocycles. The number of likely N-dealkylation sites (tertiary alicyclic amines) is 1. The Morgan fingerprint density at radius 2 is 2.18 bits per heavy atom. The molecule has 1 saturated heterocycles. The van der Waals surface area contributed by atoms with Gasteiger partial charge in [-0.1, -0.05) is 30.2 Å². The highest BCUT2D eigenvalue weighted by molar-refractivity contribution is 7.18. The minimum Gasteiger partial charge on any atom is -0.495 e. The van der Waals surface area contributed by atoms with Crippen molar-refractivity contribution in [2.24, 2.45) is 0 Å². The van der Waals surface area contributed by atoms with Crippen LogP contribution in [0.4, 0.5) is 5.69 Å². The van der Waals surface area contributed by atoms with Crippen LogP contribution in [0.25, 0.3) is 10.2 Å². The van der Waals surface area contributed by atoms with E-state index < -0.39 is 0 Å². The normalized spacial score (nSPS) is 17.6.